The molecule has 0 aromatic heterocycles. The standard InChI is InChI=1S/C30H35NO5S/c1-18-12-14-22(15-13-18)24-19(2)25-23-11-9-8-10-21(23)16-17-31(37(7,34)35)27(25)20(3)26(24)28(29(32)33)36-30(4,5)6/h8-15,28H,16-17H2,1-7H3,(H,32,33)/t28-/m0/s1. The first-order valence-corrected chi connectivity index (χ1v) is 14.3. The highest BCUT2D eigenvalue weighted by atomic mass is 32.2. The van der Waals surface area contributed by atoms with E-state index in [-0.39, 0.29) is 6.54 Å². The molecule has 3 aromatic rings. The van der Waals surface area contributed by atoms with E-state index in [0.29, 0.717) is 23.2 Å². The number of hydrogen-bond acceptors (Lipinski definition) is 4. The quantitative estimate of drug-likeness (QED) is 0.432. The number of ether oxygens (including phenoxy) is 1. The number of fused-ring (bicyclic) bond motifs is 3. The minimum atomic E-state index is -3.66. The zero-order valence-corrected chi connectivity index (χ0v) is 23.4. The van der Waals surface area contributed by atoms with Gasteiger partial charge < -0.3 is 9.84 Å². The van der Waals surface area contributed by atoms with Gasteiger partial charge in [0.05, 0.1) is 17.5 Å². The Morgan fingerprint density at radius 2 is 1.59 bits per heavy atom. The van der Waals surface area contributed by atoms with Crippen LogP contribution in [0.1, 0.15) is 54.7 Å². The van der Waals surface area contributed by atoms with Crippen LogP contribution >= 0.6 is 0 Å². The van der Waals surface area contributed by atoms with Crippen molar-refractivity contribution in [2.45, 2.75) is 59.7 Å². The molecule has 3 aromatic carbocycles. The molecule has 0 saturated carbocycles. The summed E-state index contributed by atoms with van der Waals surface area (Å²) in [6.45, 7) is 11.5. The van der Waals surface area contributed by atoms with E-state index in [1.807, 2.05) is 90.1 Å². The fourth-order valence-electron chi connectivity index (χ4n) is 5.30. The van der Waals surface area contributed by atoms with E-state index in [1.165, 1.54) is 10.6 Å². The molecule has 6 nitrogen and oxygen atoms in total. The summed E-state index contributed by atoms with van der Waals surface area (Å²) in [7, 11) is -3.66. The maximum atomic E-state index is 13.1. The Morgan fingerprint density at radius 3 is 2.16 bits per heavy atom. The van der Waals surface area contributed by atoms with Crippen molar-refractivity contribution in [2.24, 2.45) is 0 Å². The summed E-state index contributed by atoms with van der Waals surface area (Å²) < 4.78 is 33.8. The smallest absolute Gasteiger partial charge is 0.337 e. The predicted octanol–water partition coefficient (Wildman–Crippen LogP) is 6.21. The second-order valence-electron chi connectivity index (χ2n) is 10.8. The zero-order valence-electron chi connectivity index (χ0n) is 22.5. The molecule has 0 spiro atoms. The van der Waals surface area contributed by atoms with Crippen molar-refractivity contribution in [3.8, 4) is 22.3 Å². The highest BCUT2D eigenvalue weighted by Gasteiger charge is 2.37. The van der Waals surface area contributed by atoms with Crippen molar-refractivity contribution in [3.63, 3.8) is 0 Å². The van der Waals surface area contributed by atoms with Crippen LogP contribution in [0, 0.1) is 20.8 Å². The summed E-state index contributed by atoms with van der Waals surface area (Å²) in [6, 6.07) is 15.9. The molecule has 4 rings (SSSR count). The summed E-state index contributed by atoms with van der Waals surface area (Å²) in [5.74, 6) is -1.12. The monoisotopic (exact) mass is 521 g/mol. The maximum Gasteiger partial charge on any atom is 0.337 e. The highest BCUT2D eigenvalue weighted by molar-refractivity contribution is 7.92. The number of aliphatic carboxylic acids is 1. The largest absolute Gasteiger partial charge is 0.479 e. The first-order chi connectivity index (χ1) is 17.2. The van der Waals surface area contributed by atoms with Gasteiger partial charge in [-0.3, -0.25) is 4.31 Å². The highest BCUT2D eigenvalue weighted by Crippen LogP contribution is 2.50. The molecule has 0 bridgehead atoms. The molecule has 0 saturated heterocycles. The van der Waals surface area contributed by atoms with Crippen molar-refractivity contribution in [3.05, 3.63) is 76.3 Å². The van der Waals surface area contributed by atoms with E-state index in [2.05, 4.69) is 0 Å². The minimum Gasteiger partial charge on any atom is -0.479 e. The second kappa shape index (κ2) is 9.62. The lowest BCUT2D eigenvalue weighted by Crippen LogP contribution is -2.33. The van der Waals surface area contributed by atoms with Crippen LogP contribution in [0.4, 0.5) is 5.69 Å². The Hall–Kier alpha value is -3.16. The van der Waals surface area contributed by atoms with Gasteiger partial charge in [-0.2, -0.15) is 0 Å². The summed E-state index contributed by atoms with van der Waals surface area (Å²) in [5, 5.41) is 10.4. The third kappa shape index (κ3) is 5.15. The summed E-state index contributed by atoms with van der Waals surface area (Å²) >= 11 is 0. The zero-order chi connectivity index (χ0) is 27.3. The molecule has 1 heterocycles. The number of carboxylic acid groups (broad SMARTS) is 1. The van der Waals surface area contributed by atoms with Crippen LogP contribution in [0.15, 0.2) is 48.5 Å². The number of sulfonamides is 1. The van der Waals surface area contributed by atoms with Crippen LogP contribution in [0.3, 0.4) is 0 Å². The average molecular weight is 522 g/mol. The predicted molar refractivity (Wildman–Crippen MR) is 149 cm³/mol. The normalized spacial score (nSPS) is 14.5. The van der Waals surface area contributed by atoms with Crippen LogP contribution in [-0.2, 0) is 26.0 Å². The van der Waals surface area contributed by atoms with Gasteiger partial charge in [0.25, 0.3) is 0 Å². The number of anilines is 1. The van der Waals surface area contributed by atoms with Crippen LogP contribution in [0.5, 0.6) is 0 Å². The summed E-state index contributed by atoms with van der Waals surface area (Å²) in [4.78, 5) is 12.7. The van der Waals surface area contributed by atoms with Crippen molar-refractivity contribution >= 4 is 21.7 Å². The second-order valence-corrected chi connectivity index (χ2v) is 12.7. The third-order valence-electron chi connectivity index (χ3n) is 6.83. The molecule has 0 amide bonds. The lowest BCUT2D eigenvalue weighted by molar-refractivity contribution is -0.160. The van der Waals surface area contributed by atoms with Gasteiger partial charge in [0.15, 0.2) is 6.10 Å². The van der Waals surface area contributed by atoms with Crippen LogP contribution in [0.2, 0.25) is 0 Å². The number of carboxylic acids is 1. The van der Waals surface area contributed by atoms with Gasteiger partial charge in [-0.15, -0.1) is 0 Å². The van der Waals surface area contributed by atoms with E-state index >= 15 is 0 Å². The summed E-state index contributed by atoms with van der Waals surface area (Å²) in [6.07, 6.45) is 0.461. The number of nitrogens with zero attached hydrogens (tertiary/aromatic N) is 1. The first-order valence-electron chi connectivity index (χ1n) is 12.4. The molecule has 1 aliphatic heterocycles. The topological polar surface area (TPSA) is 83.9 Å². The van der Waals surface area contributed by atoms with Gasteiger partial charge in [-0.25, -0.2) is 13.2 Å². The lowest BCUT2D eigenvalue weighted by Gasteiger charge is -2.33. The van der Waals surface area contributed by atoms with Gasteiger partial charge in [0.2, 0.25) is 10.0 Å². The molecule has 1 aliphatic rings. The molecule has 1 atom stereocenters. The molecule has 0 unspecified atom stereocenters. The van der Waals surface area contributed by atoms with Crippen LogP contribution in [0.25, 0.3) is 22.3 Å². The van der Waals surface area contributed by atoms with Crippen molar-refractivity contribution < 1.29 is 23.1 Å². The number of benzene rings is 3. The molecule has 7 heteroatoms. The van der Waals surface area contributed by atoms with E-state index in [9.17, 15) is 18.3 Å². The van der Waals surface area contributed by atoms with Crippen molar-refractivity contribution in [1.82, 2.24) is 0 Å². The Bertz CT molecular complexity index is 1470. The summed E-state index contributed by atoms with van der Waals surface area (Å²) in [5.41, 5.74) is 7.23. The fraction of sp³-hybridized carbons (Fsp3) is 0.367. The number of hydrogen-bond donors (Lipinski definition) is 1. The molecule has 37 heavy (non-hydrogen) atoms. The Kier molecular flexibility index (Phi) is 6.99. The Morgan fingerprint density at radius 1 is 0.973 bits per heavy atom. The van der Waals surface area contributed by atoms with Gasteiger partial charge >= 0.3 is 5.97 Å². The molecular weight excluding hydrogens is 486 g/mol. The van der Waals surface area contributed by atoms with Gasteiger partial charge in [0.1, 0.15) is 0 Å². The van der Waals surface area contributed by atoms with Crippen molar-refractivity contribution in [2.75, 3.05) is 17.1 Å². The Labute approximate surface area is 220 Å². The lowest BCUT2D eigenvalue weighted by atomic mass is 9.81. The van der Waals surface area contributed by atoms with Gasteiger partial charge in [-0.1, -0.05) is 54.1 Å². The molecule has 0 radical (unpaired) electrons. The van der Waals surface area contributed by atoms with Gasteiger partial charge in [-0.05, 0) is 81.3 Å². The number of aryl methyl sites for hydroxylation is 1. The molecule has 196 valence electrons. The van der Waals surface area contributed by atoms with Crippen LogP contribution in [-0.4, -0.2) is 37.9 Å². The van der Waals surface area contributed by atoms with Crippen molar-refractivity contribution in [1.29, 1.82) is 0 Å². The maximum absolute atomic E-state index is 13.1. The third-order valence-corrected chi connectivity index (χ3v) is 8.00. The molecule has 0 aliphatic carbocycles. The van der Waals surface area contributed by atoms with E-state index in [1.54, 1.807) is 0 Å². The average Bonchev–Trinajstić information content (AvgIpc) is 2.97. The molecular formula is C30H35NO5S. The van der Waals surface area contributed by atoms with E-state index in [0.717, 1.165) is 38.9 Å². The minimum absolute atomic E-state index is 0.268. The van der Waals surface area contributed by atoms with E-state index in [4.69, 9.17) is 4.74 Å². The SMILES string of the molecule is Cc1ccc(-c2c(C)c3c(c(C)c2[C@H](OC(C)(C)C)C(=O)O)N(S(C)(=O)=O)CCc2ccccc2-3)cc1. The number of rotatable bonds is 5. The molecule has 0 fully saturated rings. The van der Waals surface area contributed by atoms with Gasteiger partial charge in [0, 0.05) is 17.7 Å². The number of carbonyl (C=O) groups is 1. The van der Waals surface area contributed by atoms with E-state index < -0.39 is 27.7 Å². The molecule has 1 N–H and O–H groups in total. The fourth-order valence-corrected chi connectivity index (χ4v) is 6.29. The first kappa shape index (κ1) is 26.9. The van der Waals surface area contributed by atoms with Crippen LogP contribution < -0.4 is 4.31 Å². The Balaban J connectivity index is 2.22.